The number of H-pyrrole nitrogens is 1. The molecule has 2 rings (SSSR count). The Labute approximate surface area is 105 Å². The molecule has 4 heteroatoms. The number of fused-ring (bicyclic) bond motifs is 1. The molecule has 2 aromatic rings. The van der Waals surface area contributed by atoms with Gasteiger partial charge in [-0.25, -0.2) is 4.79 Å². The zero-order valence-corrected chi connectivity index (χ0v) is 11.0. The van der Waals surface area contributed by atoms with E-state index >= 15 is 0 Å². The molecular formula is C14H18N2O2. The predicted octanol–water partition coefficient (Wildman–Crippen LogP) is 2.13. The lowest BCUT2D eigenvalue weighted by Crippen LogP contribution is -2.31. The van der Waals surface area contributed by atoms with Crippen molar-refractivity contribution in [1.82, 2.24) is 9.55 Å². The summed E-state index contributed by atoms with van der Waals surface area (Å²) in [5, 5.41) is 0.561. The number of nitrogens with one attached hydrogen (secondary N) is 1. The molecule has 0 saturated carbocycles. The van der Waals surface area contributed by atoms with Crippen LogP contribution in [-0.4, -0.2) is 9.55 Å². The molecule has 1 heterocycles. The van der Waals surface area contributed by atoms with Crippen LogP contribution >= 0.6 is 0 Å². The molecule has 0 unspecified atom stereocenters. The summed E-state index contributed by atoms with van der Waals surface area (Å²) in [6, 6.07) is 7.20. The lowest BCUT2D eigenvalue weighted by atomic mass is 9.92. The van der Waals surface area contributed by atoms with Crippen molar-refractivity contribution in [3.05, 3.63) is 45.1 Å². The van der Waals surface area contributed by atoms with E-state index in [1.165, 1.54) is 0 Å². The second kappa shape index (κ2) is 4.44. The van der Waals surface area contributed by atoms with E-state index in [0.29, 0.717) is 17.4 Å². The third-order valence-corrected chi connectivity index (χ3v) is 2.99. The minimum Gasteiger partial charge on any atom is -0.293 e. The van der Waals surface area contributed by atoms with Crippen LogP contribution in [0.4, 0.5) is 0 Å². The fourth-order valence-electron chi connectivity index (χ4n) is 1.91. The van der Waals surface area contributed by atoms with Crippen LogP contribution in [0.15, 0.2) is 33.9 Å². The average molecular weight is 246 g/mol. The van der Waals surface area contributed by atoms with E-state index in [2.05, 4.69) is 25.8 Å². The van der Waals surface area contributed by atoms with Gasteiger partial charge >= 0.3 is 5.69 Å². The lowest BCUT2D eigenvalue weighted by molar-refractivity contribution is 0.349. The molecule has 1 aromatic carbocycles. The van der Waals surface area contributed by atoms with Crippen molar-refractivity contribution in [2.75, 3.05) is 0 Å². The fourth-order valence-corrected chi connectivity index (χ4v) is 1.91. The molecule has 1 N–H and O–H groups in total. The number of hydrogen-bond acceptors (Lipinski definition) is 2. The number of aromatic nitrogens is 2. The summed E-state index contributed by atoms with van der Waals surface area (Å²) in [6.45, 7) is 7.00. The Hall–Kier alpha value is -1.84. The number of aromatic amines is 1. The maximum Gasteiger partial charge on any atom is 0.328 e. The van der Waals surface area contributed by atoms with Gasteiger partial charge in [0.15, 0.2) is 0 Å². The van der Waals surface area contributed by atoms with Gasteiger partial charge in [-0.05, 0) is 24.0 Å². The summed E-state index contributed by atoms with van der Waals surface area (Å²) in [7, 11) is 0. The average Bonchev–Trinajstić information content (AvgIpc) is 2.27. The highest BCUT2D eigenvalue weighted by Gasteiger charge is 2.12. The van der Waals surface area contributed by atoms with Gasteiger partial charge in [0.25, 0.3) is 5.56 Å². The molecule has 0 aliphatic carbocycles. The topological polar surface area (TPSA) is 54.9 Å². The summed E-state index contributed by atoms with van der Waals surface area (Å²) in [6.07, 6.45) is 0.878. The van der Waals surface area contributed by atoms with Crippen molar-refractivity contribution < 1.29 is 0 Å². The smallest absolute Gasteiger partial charge is 0.293 e. The summed E-state index contributed by atoms with van der Waals surface area (Å²) in [5.74, 6) is 0. The normalized spacial score (nSPS) is 11.9. The number of rotatable bonds is 2. The van der Waals surface area contributed by atoms with Crippen LogP contribution in [0, 0.1) is 5.41 Å². The van der Waals surface area contributed by atoms with Crippen molar-refractivity contribution >= 4 is 10.9 Å². The first-order valence-corrected chi connectivity index (χ1v) is 6.10. The van der Waals surface area contributed by atoms with E-state index in [0.717, 1.165) is 6.42 Å². The summed E-state index contributed by atoms with van der Waals surface area (Å²) < 4.78 is 1.64. The standard InChI is InChI=1S/C14H18N2O2/c1-14(2,3)8-9-16-11-7-5-4-6-10(11)12(17)15-13(16)18/h4-7H,8-9H2,1-3H3,(H,15,17,18). The highest BCUT2D eigenvalue weighted by molar-refractivity contribution is 5.77. The predicted molar refractivity (Wildman–Crippen MR) is 72.9 cm³/mol. The van der Waals surface area contributed by atoms with Crippen LogP contribution in [0.25, 0.3) is 10.9 Å². The molecule has 0 amide bonds. The van der Waals surface area contributed by atoms with E-state index in [4.69, 9.17) is 0 Å². The third kappa shape index (κ3) is 2.53. The fraction of sp³-hybridized carbons (Fsp3) is 0.429. The number of hydrogen-bond donors (Lipinski definition) is 1. The minimum atomic E-state index is -0.331. The monoisotopic (exact) mass is 246 g/mol. The first-order valence-electron chi connectivity index (χ1n) is 6.10. The van der Waals surface area contributed by atoms with Gasteiger partial charge in [-0.2, -0.15) is 0 Å². The van der Waals surface area contributed by atoms with Crippen molar-refractivity contribution in [1.29, 1.82) is 0 Å². The molecule has 18 heavy (non-hydrogen) atoms. The highest BCUT2D eigenvalue weighted by Crippen LogP contribution is 2.19. The zero-order valence-electron chi connectivity index (χ0n) is 11.0. The van der Waals surface area contributed by atoms with Crippen LogP contribution in [0.1, 0.15) is 27.2 Å². The Balaban J connectivity index is 2.57. The molecule has 4 nitrogen and oxygen atoms in total. The van der Waals surface area contributed by atoms with Crippen LogP contribution in [0.2, 0.25) is 0 Å². The van der Waals surface area contributed by atoms with E-state index in [-0.39, 0.29) is 16.7 Å². The van der Waals surface area contributed by atoms with Gasteiger partial charge in [-0.15, -0.1) is 0 Å². The Morgan fingerprint density at radius 1 is 1.17 bits per heavy atom. The molecule has 0 spiro atoms. The number of para-hydroxylation sites is 1. The van der Waals surface area contributed by atoms with Crippen molar-refractivity contribution in [3.63, 3.8) is 0 Å². The second-order valence-corrected chi connectivity index (χ2v) is 5.74. The quantitative estimate of drug-likeness (QED) is 0.882. The largest absolute Gasteiger partial charge is 0.328 e. The summed E-state index contributed by atoms with van der Waals surface area (Å²) in [5.41, 5.74) is 0.206. The van der Waals surface area contributed by atoms with Gasteiger partial charge in [-0.3, -0.25) is 14.3 Å². The lowest BCUT2D eigenvalue weighted by Gasteiger charge is -2.19. The van der Waals surface area contributed by atoms with E-state index in [9.17, 15) is 9.59 Å². The molecule has 96 valence electrons. The van der Waals surface area contributed by atoms with Gasteiger partial charge in [0.1, 0.15) is 0 Å². The first kappa shape index (κ1) is 12.6. The second-order valence-electron chi connectivity index (χ2n) is 5.74. The van der Waals surface area contributed by atoms with Crippen molar-refractivity contribution in [2.45, 2.75) is 33.7 Å². The molecular weight excluding hydrogens is 228 g/mol. The maximum absolute atomic E-state index is 11.9. The maximum atomic E-state index is 11.9. The molecule has 0 atom stereocenters. The van der Waals surface area contributed by atoms with Crippen LogP contribution in [-0.2, 0) is 6.54 Å². The first-order chi connectivity index (χ1) is 8.38. The summed E-state index contributed by atoms with van der Waals surface area (Å²) in [4.78, 5) is 25.9. The van der Waals surface area contributed by atoms with Gasteiger partial charge in [-0.1, -0.05) is 32.9 Å². The number of benzene rings is 1. The van der Waals surface area contributed by atoms with Gasteiger partial charge in [0.2, 0.25) is 0 Å². The van der Waals surface area contributed by atoms with Crippen molar-refractivity contribution in [2.24, 2.45) is 5.41 Å². The minimum absolute atomic E-state index is 0.149. The molecule has 1 aromatic heterocycles. The highest BCUT2D eigenvalue weighted by atomic mass is 16.2. The Bertz CT molecular complexity index is 674. The Morgan fingerprint density at radius 3 is 2.50 bits per heavy atom. The van der Waals surface area contributed by atoms with Crippen molar-refractivity contribution in [3.8, 4) is 0 Å². The summed E-state index contributed by atoms with van der Waals surface area (Å²) >= 11 is 0. The van der Waals surface area contributed by atoms with Gasteiger partial charge < -0.3 is 0 Å². The van der Waals surface area contributed by atoms with Gasteiger partial charge in [0.05, 0.1) is 10.9 Å². The van der Waals surface area contributed by atoms with Crippen LogP contribution in [0.5, 0.6) is 0 Å². The Kier molecular flexibility index (Phi) is 3.11. The molecule has 0 radical (unpaired) electrons. The SMILES string of the molecule is CC(C)(C)CCn1c(=O)[nH]c(=O)c2ccccc21. The Morgan fingerprint density at radius 2 is 1.83 bits per heavy atom. The van der Waals surface area contributed by atoms with Crippen LogP contribution < -0.4 is 11.2 Å². The molecule has 0 aliphatic heterocycles. The molecule has 0 saturated heterocycles. The number of aryl methyl sites for hydroxylation is 1. The molecule has 0 bridgehead atoms. The van der Waals surface area contributed by atoms with E-state index < -0.39 is 0 Å². The molecule has 0 aliphatic rings. The van der Waals surface area contributed by atoms with E-state index in [1.54, 1.807) is 16.7 Å². The third-order valence-electron chi connectivity index (χ3n) is 2.99. The zero-order chi connectivity index (χ0) is 13.3. The number of nitrogens with zero attached hydrogens (tertiary/aromatic N) is 1. The molecule has 0 fully saturated rings. The van der Waals surface area contributed by atoms with Gasteiger partial charge in [0, 0.05) is 6.54 Å². The van der Waals surface area contributed by atoms with Crippen LogP contribution in [0.3, 0.4) is 0 Å². The van der Waals surface area contributed by atoms with E-state index in [1.807, 2.05) is 12.1 Å².